The topological polar surface area (TPSA) is 20.3 Å². The van der Waals surface area contributed by atoms with E-state index >= 15 is 0 Å². The summed E-state index contributed by atoms with van der Waals surface area (Å²) in [5.74, 6) is 0.623. The molecule has 0 aliphatic carbocycles. The number of nitrogens with zero attached hydrogens (tertiary/aromatic N) is 1. The lowest BCUT2D eigenvalue weighted by molar-refractivity contribution is 0.0735. The van der Waals surface area contributed by atoms with Crippen LogP contribution >= 0.6 is 11.6 Å². The van der Waals surface area contributed by atoms with E-state index in [-0.39, 0.29) is 5.91 Å². The Labute approximate surface area is 137 Å². The van der Waals surface area contributed by atoms with Gasteiger partial charge in [-0.3, -0.25) is 4.79 Å². The van der Waals surface area contributed by atoms with Gasteiger partial charge in [0.2, 0.25) is 0 Å². The number of halogens is 1. The van der Waals surface area contributed by atoms with Crippen molar-refractivity contribution in [1.82, 2.24) is 4.90 Å². The number of benzene rings is 2. The fraction of sp³-hybridized carbons (Fsp3) is 0.316. The minimum absolute atomic E-state index is 0.0566. The van der Waals surface area contributed by atoms with Crippen LogP contribution in [0.25, 0.3) is 0 Å². The molecule has 0 radical (unpaired) electrons. The predicted molar refractivity (Wildman–Crippen MR) is 92.1 cm³/mol. The van der Waals surface area contributed by atoms with Crippen LogP contribution in [0.5, 0.6) is 0 Å². The highest BCUT2D eigenvalue weighted by Crippen LogP contribution is 2.15. The molecule has 0 aliphatic heterocycles. The van der Waals surface area contributed by atoms with Crippen LogP contribution in [0.4, 0.5) is 0 Å². The van der Waals surface area contributed by atoms with E-state index in [2.05, 4.69) is 26.0 Å². The fourth-order valence-corrected chi connectivity index (χ4v) is 2.37. The van der Waals surface area contributed by atoms with E-state index in [0.29, 0.717) is 23.0 Å². The van der Waals surface area contributed by atoms with Crippen molar-refractivity contribution in [3.63, 3.8) is 0 Å². The van der Waals surface area contributed by atoms with Crippen molar-refractivity contribution >= 4 is 17.5 Å². The Morgan fingerprint density at radius 3 is 2.27 bits per heavy atom. The van der Waals surface area contributed by atoms with Crippen LogP contribution in [0.3, 0.4) is 0 Å². The van der Waals surface area contributed by atoms with Crippen LogP contribution < -0.4 is 0 Å². The molecular weight excluding hydrogens is 294 g/mol. The first-order valence-electron chi connectivity index (χ1n) is 7.65. The SMILES string of the molecule is CC(C)CCN(Cc1ccccc1)C(=O)c1ccc(Cl)cc1. The first-order valence-corrected chi connectivity index (χ1v) is 8.03. The minimum Gasteiger partial charge on any atom is -0.334 e. The van der Waals surface area contributed by atoms with Crippen molar-refractivity contribution in [2.24, 2.45) is 5.92 Å². The summed E-state index contributed by atoms with van der Waals surface area (Å²) < 4.78 is 0. The third-order valence-corrected chi connectivity index (χ3v) is 3.82. The molecule has 22 heavy (non-hydrogen) atoms. The van der Waals surface area contributed by atoms with Gasteiger partial charge in [0.1, 0.15) is 0 Å². The number of carbonyl (C=O) groups excluding carboxylic acids is 1. The van der Waals surface area contributed by atoms with Gasteiger partial charge in [0.25, 0.3) is 5.91 Å². The number of amides is 1. The Hall–Kier alpha value is -1.80. The summed E-state index contributed by atoms with van der Waals surface area (Å²) in [6, 6.07) is 17.2. The molecule has 0 N–H and O–H groups in total. The van der Waals surface area contributed by atoms with Gasteiger partial charge in [0.05, 0.1) is 0 Å². The first-order chi connectivity index (χ1) is 10.6. The van der Waals surface area contributed by atoms with E-state index in [0.717, 1.165) is 18.5 Å². The molecule has 0 spiro atoms. The van der Waals surface area contributed by atoms with Gasteiger partial charge in [-0.1, -0.05) is 55.8 Å². The maximum Gasteiger partial charge on any atom is 0.254 e. The number of hydrogen-bond acceptors (Lipinski definition) is 1. The average Bonchev–Trinajstić information content (AvgIpc) is 2.52. The van der Waals surface area contributed by atoms with E-state index in [1.54, 1.807) is 24.3 Å². The molecule has 2 aromatic carbocycles. The zero-order chi connectivity index (χ0) is 15.9. The van der Waals surface area contributed by atoms with E-state index in [1.165, 1.54) is 0 Å². The van der Waals surface area contributed by atoms with Crippen LogP contribution in [-0.4, -0.2) is 17.4 Å². The second-order valence-electron chi connectivity index (χ2n) is 5.90. The van der Waals surface area contributed by atoms with Crippen molar-refractivity contribution in [1.29, 1.82) is 0 Å². The van der Waals surface area contributed by atoms with Gasteiger partial charge in [-0.2, -0.15) is 0 Å². The van der Waals surface area contributed by atoms with Crippen LogP contribution in [-0.2, 0) is 6.54 Å². The Morgan fingerprint density at radius 1 is 1.05 bits per heavy atom. The highest BCUT2D eigenvalue weighted by Gasteiger charge is 2.16. The summed E-state index contributed by atoms with van der Waals surface area (Å²) in [5, 5.41) is 0.647. The molecule has 0 saturated carbocycles. The van der Waals surface area contributed by atoms with Gasteiger partial charge in [0.15, 0.2) is 0 Å². The minimum atomic E-state index is 0.0566. The summed E-state index contributed by atoms with van der Waals surface area (Å²) >= 11 is 5.90. The van der Waals surface area contributed by atoms with Crippen LogP contribution in [0.15, 0.2) is 54.6 Å². The largest absolute Gasteiger partial charge is 0.334 e. The molecule has 1 amide bonds. The number of rotatable bonds is 6. The summed E-state index contributed by atoms with van der Waals surface area (Å²) in [7, 11) is 0. The van der Waals surface area contributed by atoms with Gasteiger partial charge in [-0.25, -0.2) is 0 Å². The highest BCUT2D eigenvalue weighted by molar-refractivity contribution is 6.30. The molecular formula is C19H22ClNO. The lowest BCUT2D eigenvalue weighted by atomic mass is 10.1. The van der Waals surface area contributed by atoms with Gasteiger partial charge in [-0.05, 0) is 42.2 Å². The van der Waals surface area contributed by atoms with Crippen molar-refractivity contribution in [3.8, 4) is 0 Å². The molecule has 0 aromatic heterocycles. The van der Waals surface area contributed by atoms with Crippen molar-refractivity contribution in [2.45, 2.75) is 26.8 Å². The lowest BCUT2D eigenvalue weighted by Gasteiger charge is -2.24. The van der Waals surface area contributed by atoms with E-state index in [9.17, 15) is 4.79 Å². The molecule has 2 rings (SSSR count). The predicted octanol–water partition coefficient (Wildman–Crippen LogP) is 5.03. The third kappa shape index (κ3) is 4.88. The van der Waals surface area contributed by atoms with Crippen LogP contribution in [0.1, 0.15) is 36.2 Å². The highest BCUT2D eigenvalue weighted by atomic mass is 35.5. The molecule has 0 atom stereocenters. The third-order valence-electron chi connectivity index (χ3n) is 3.57. The molecule has 0 fully saturated rings. The van der Waals surface area contributed by atoms with E-state index in [1.807, 2.05) is 23.1 Å². The number of carbonyl (C=O) groups is 1. The van der Waals surface area contributed by atoms with Crippen molar-refractivity contribution in [2.75, 3.05) is 6.54 Å². The molecule has 0 unspecified atom stereocenters. The first kappa shape index (κ1) is 16.6. The van der Waals surface area contributed by atoms with Gasteiger partial charge in [0, 0.05) is 23.7 Å². The molecule has 0 aliphatic rings. The smallest absolute Gasteiger partial charge is 0.254 e. The van der Waals surface area contributed by atoms with Crippen molar-refractivity contribution in [3.05, 3.63) is 70.7 Å². The zero-order valence-electron chi connectivity index (χ0n) is 13.1. The molecule has 0 heterocycles. The molecule has 2 aromatic rings. The Kier molecular flexibility index (Phi) is 6.02. The zero-order valence-corrected chi connectivity index (χ0v) is 13.9. The quantitative estimate of drug-likeness (QED) is 0.732. The summed E-state index contributed by atoms with van der Waals surface area (Å²) in [5.41, 5.74) is 1.83. The molecule has 0 saturated heterocycles. The van der Waals surface area contributed by atoms with Crippen molar-refractivity contribution < 1.29 is 4.79 Å². The van der Waals surface area contributed by atoms with E-state index < -0.39 is 0 Å². The standard InChI is InChI=1S/C19H22ClNO/c1-15(2)12-13-21(14-16-6-4-3-5-7-16)19(22)17-8-10-18(20)11-9-17/h3-11,15H,12-14H2,1-2H3. The second-order valence-corrected chi connectivity index (χ2v) is 6.34. The monoisotopic (exact) mass is 315 g/mol. The lowest BCUT2D eigenvalue weighted by Crippen LogP contribution is -2.32. The molecule has 2 nitrogen and oxygen atoms in total. The molecule has 3 heteroatoms. The molecule has 116 valence electrons. The van der Waals surface area contributed by atoms with Gasteiger partial charge < -0.3 is 4.90 Å². The Morgan fingerprint density at radius 2 is 1.68 bits per heavy atom. The van der Waals surface area contributed by atoms with Gasteiger partial charge >= 0.3 is 0 Å². The van der Waals surface area contributed by atoms with Crippen LogP contribution in [0.2, 0.25) is 5.02 Å². The summed E-state index contributed by atoms with van der Waals surface area (Å²) in [6.45, 7) is 5.74. The molecule has 0 bridgehead atoms. The normalized spacial score (nSPS) is 10.7. The fourth-order valence-electron chi connectivity index (χ4n) is 2.25. The summed E-state index contributed by atoms with van der Waals surface area (Å²) in [6.07, 6.45) is 0.992. The Balaban J connectivity index is 2.15. The Bertz CT molecular complexity index is 593. The van der Waals surface area contributed by atoms with E-state index in [4.69, 9.17) is 11.6 Å². The summed E-state index contributed by atoms with van der Waals surface area (Å²) in [4.78, 5) is 14.7. The second kappa shape index (κ2) is 8.00. The maximum absolute atomic E-state index is 12.8. The maximum atomic E-state index is 12.8. The number of hydrogen-bond donors (Lipinski definition) is 0. The van der Waals surface area contributed by atoms with Gasteiger partial charge in [-0.15, -0.1) is 0 Å². The average molecular weight is 316 g/mol. The van der Waals surface area contributed by atoms with Crippen LogP contribution in [0, 0.1) is 5.92 Å².